The zero-order valence-electron chi connectivity index (χ0n) is 15.7. The fraction of sp³-hybridized carbons (Fsp3) is 0.190. The number of rotatable bonds is 6. The van der Waals surface area contributed by atoms with E-state index in [-0.39, 0.29) is 11.9 Å². The number of hydrogen-bond donors (Lipinski definition) is 1. The smallest absolute Gasteiger partial charge is 0.157 e. The first-order chi connectivity index (χ1) is 13.6. The van der Waals surface area contributed by atoms with Gasteiger partial charge in [0.05, 0.1) is 23.6 Å². The van der Waals surface area contributed by atoms with Gasteiger partial charge >= 0.3 is 0 Å². The van der Waals surface area contributed by atoms with Crippen molar-refractivity contribution < 1.29 is 4.39 Å². The van der Waals surface area contributed by atoms with Crippen molar-refractivity contribution in [1.29, 1.82) is 0 Å². The summed E-state index contributed by atoms with van der Waals surface area (Å²) in [5, 5.41) is 7.85. The van der Waals surface area contributed by atoms with E-state index in [2.05, 4.69) is 25.3 Å². The van der Waals surface area contributed by atoms with E-state index in [1.54, 1.807) is 29.0 Å². The minimum absolute atomic E-state index is 0.0919. The predicted octanol–water partition coefficient (Wildman–Crippen LogP) is 3.65. The Bertz CT molecular complexity index is 1060. The lowest BCUT2D eigenvalue weighted by Crippen LogP contribution is -2.28. The maximum Gasteiger partial charge on any atom is 0.157 e. The summed E-state index contributed by atoms with van der Waals surface area (Å²) in [6.45, 7) is 0.645. The molecule has 0 aliphatic heterocycles. The van der Waals surface area contributed by atoms with Crippen LogP contribution in [0.4, 0.5) is 10.2 Å². The summed E-state index contributed by atoms with van der Waals surface area (Å²) in [4.78, 5) is 11.2. The molecule has 0 saturated carbocycles. The van der Waals surface area contributed by atoms with Gasteiger partial charge in [-0.3, -0.25) is 9.88 Å². The summed E-state index contributed by atoms with van der Waals surface area (Å²) in [6, 6.07) is 16.1. The maximum absolute atomic E-state index is 13.3. The fourth-order valence-corrected chi connectivity index (χ4v) is 3.13. The molecule has 0 bridgehead atoms. The van der Waals surface area contributed by atoms with Gasteiger partial charge in [0.2, 0.25) is 0 Å². The third-order valence-electron chi connectivity index (χ3n) is 4.63. The lowest BCUT2D eigenvalue weighted by molar-refractivity contribution is 0.305. The monoisotopic (exact) mass is 376 g/mol. The molecule has 0 unspecified atom stereocenters. The third kappa shape index (κ3) is 3.70. The van der Waals surface area contributed by atoms with E-state index in [9.17, 15) is 4.39 Å². The first-order valence-corrected chi connectivity index (χ1v) is 9.04. The van der Waals surface area contributed by atoms with Crippen molar-refractivity contribution >= 4 is 11.5 Å². The van der Waals surface area contributed by atoms with Gasteiger partial charge in [0.1, 0.15) is 11.6 Å². The van der Waals surface area contributed by atoms with Crippen LogP contribution in [0.1, 0.15) is 11.7 Å². The highest BCUT2D eigenvalue weighted by molar-refractivity contribution is 5.66. The molecule has 0 spiro atoms. The van der Waals surface area contributed by atoms with E-state index < -0.39 is 0 Å². The Balaban J connectivity index is 1.66. The van der Waals surface area contributed by atoms with Crippen molar-refractivity contribution in [3.05, 3.63) is 78.5 Å². The lowest BCUT2D eigenvalue weighted by Gasteiger charge is -2.24. The molecule has 142 valence electrons. The van der Waals surface area contributed by atoms with Gasteiger partial charge in [0.25, 0.3) is 0 Å². The number of aromatic nitrogens is 4. The van der Waals surface area contributed by atoms with E-state index in [1.165, 1.54) is 12.1 Å². The maximum atomic E-state index is 13.3. The number of pyridine rings is 1. The molecule has 0 saturated heterocycles. The Morgan fingerprint density at radius 3 is 2.61 bits per heavy atom. The number of halogens is 1. The molecule has 0 radical (unpaired) electrons. The van der Waals surface area contributed by atoms with Gasteiger partial charge in [-0.1, -0.05) is 6.07 Å². The number of nitrogens with one attached hydrogen (secondary N) is 1. The van der Waals surface area contributed by atoms with Gasteiger partial charge in [-0.05, 0) is 50.5 Å². The highest BCUT2D eigenvalue weighted by atomic mass is 19.1. The minimum atomic E-state index is -0.267. The number of anilines is 1. The SMILES string of the molecule is CN(C)[C@@H](CNc1cc(-c2ccc(F)cc2)nc2ccnn12)c1ccccn1. The molecule has 28 heavy (non-hydrogen) atoms. The zero-order chi connectivity index (χ0) is 19.5. The largest absolute Gasteiger partial charge is 0.368 e. The van der Waals surface area contributed by atoms with E-state index in [1.807, 2.05) is 44.4 Å². The molecule has 7 heteroatoms. The molecule has 6 nitrogen and oxygen atoms in total. The van der Waals surface area contributed by atoms with Crippen LogP contribution in [0.3, 0.4) is 0 Å². The van der Waals surface area contributed by atoms with Gasteiger partial charge in [0.15, 0.2) is 5.65 Å². The van der Waals surface area contributed by atoms with E-state index in [0.717, 1.165) is 28.4 Å². The Morgan fingerprint density at radius 2 is 1.89 bits per heavy atom. The summed E-state index contributed by atoms with van der Waals surface area (Å²) >= 11 is 0. The van der Waals surface area contributed by atoms with Gasteiger partial charge in [-0.25, -0.2) is 9.37 Å². The van der Waals surface area contributed by atoms with Crippen molar-refractivity contribution in [2.75, 3.05) is 26.0 Å². The normalized spacial score (nSPS) is 12.4. The molecule has 0 aliphatic carbocycles. The second-order valence-corrected chi connectivity index (χ2v) is 6.75. The number of likely N-dealkylation sites (N-methyl/N-ethyl adjacent to an activating group) is 1. The topological polar surface area (TPSA) is 58.3 Å². The zero-order valence-corrected chi connectivity index (χ0v) is 15.7. The average molecular weight is 376 g/mol. The predicted molar refractivity (Wildman–Crippen MR) is 108 cm³/mol. The molecule has 1 atom stereocenters. The van der Waals surface area contributed by atoms with Gasteiger partial charge in [-0.2, -0.15) is 9.61 Å². The fourth-order valence-electron chi connectivity index (χ4n) is 3.13. The van der Waals surface area contributed by atoms with Crippen molar-refractivity contribution in [2.24, 2.45) is 0 Å². The minimum Gasteiger partial charge on any atom is -0.368 e. The summed E-state index contributed by atoms with van der Waals surface area (Å²) in [6.07, 6.45) is 3.51. The first kappa shape index (κ1) is 18.1. The molecule has 3 aromatic heterocycles. The van der Waals surface area contributed by atoms with Crippen molar-refractivity contribution in [2.45, 2.75) is 6.04 Å². The summed E-state index contributed by atoms with van der Waals surface area (Å²) < 4.78 is 15.0. The van der Waals surface area contributed by atoms with Crippen LogP contribution in [0.5, 0.6) is 0 Å². The number of fused-ring (bicyclic) bond motifs is 1. The Labute approximate surface area is 162 Å². The van der Waals surface area contributed by atoms with Crippen LogP contribution in [0.2, 0.25) is 0 Å². The molecule has 0 amide bonds. The van der Waals surface area contributed by atoms with E-state index >= 15 is 0 Å². The van der Waals surface area contributed by atoms with Crippen LogP contribution >= 0.6 is 0 Å². The first-order valence-electron chi connectivity index (χ1n) is 9.04. The van der Waals surface area contributed by atoms with Gasteiger partial charge in [-0.15, -0.1) is 0 Å². The van der Waals surface area contributed by atoms with Crippen LogP contribution in [-0.4, -0.2) is 45.1 Å². The van der Waals surface area contributed by atoms with Crippen LogP contribution in [0.25, 0.3) is 16.9 Å². The molecule has 1 N–H and O–H groups in total. The van der Waals surface area contributed by atoms with Crippen molar-refractivity contribution in [3.63, 3.8) is 0 Å². The standard InChI is InChI=1S/C21H21FN6/c1-27(2)19(17-5-3-4-11-23-17)14-24-21-13-18(15-6-8-16(22)9-7-15)26-20-10-12-25-28(20)21/h3-13,19,24H,14H2,1-2H3/t19-/m0/s1. The Kier molecular flexibility index (Phi) is 4.99. The Hall–Kier alpha value is -3.32. The van der Waals surface area contributed by atoms with Crippen LogP contribution in [0.15, 0.2) is 67.0 Å². The van der Waals surface area contributed by atoms with Gasteiger partial charge in [0, 0.05) is 30.4 Å². The van der Waals surface area contributed by atoms with Crippen LogP contribution in [0, 0.1) is 5.82 Å². The van der Waals surface area contributed by atoms with Gasteiger partial charge < -0.3 is 5.32 Å². The number of hydrogen-bond acceptors (Lipinski definition) is 5. The van der Waals surface area contributed by atoms with Crippen molar-refractivity contribution in [1.82, 2.24) is 24.5 Å². The molecule has 1 aromatic carbocycles. The van der Waals surface area contributed by atoms with Crippen molar-refractivity contribution in [3.8, 4) is 11.3 Å². The molecular formula is C21H21FN6. The van der Waals surface area contributed by atoms with Crippen LogP contribution in [-0.2, 0) is 0 Å². The second-order valence-electron chi connectivity index (χ2n) is 6.75. The molecular weight excluding hydrogens is 355 g/mol. The number of benzene rings is 1. The second kappa shape index (κ2) is 7.74. The summed E-state index contributed by atoms with van der Waals surface area (Å²) in [5.41, 5.74) is 3.32. The molecule has 4 aromatic rings. The highest BCUT2D eigenvalue weighted by Gasteiger charge is 2.16. The molecule has 4 rings (SSSR count). The van der Waals surface area contributed by atoms with E-state index in [0.29, 0.717) is 6.54 Å². The quantitative estimate of drug-likeness (QED) is 0.557. The third-order valence-corrected chi connectivity index (χ3v) is 4.63. The molecule has 3 heterocycles. The summed E-state index contributed by atoms with van der Waals surface area (Å²) in [7, 11) is 4.06. The highest BCUT2D eigenvalue weighted by Crippen LogP contribution is 2.24. The summed E-state index contributed by atoms with van der Waals surface area (Å²) in [5.74, 6) is 0.550. The number of nitrogens with zero attached hydrogens (tertiary/aromatic N) is 5. The molecule has 0 aliphatic rings. The Morgan fingerprint density at radius 1 is 1.07 bits per heavy atom. The van der Waals surface area contributed by atoms with E-state index in [4.69, 9.17) is 0 Å². The van der Waals surface area contributed by atoms with Crippen LogP contribution < -0.4 is 5.32 Å². The average Bonchev–Trinajstić information content (AvgIpc) is 3.18. The lowest BCUT2D eigenvalue weighted by atomic mass is 10.1. The molecule has 0 fully saturated rings.